The predicted molar refractivity (Wildman–Crippen MR) is 176 cm³/mol. The minimum absolute atomic E-state index is 0.0941. The van der Waals surface area contributed by atoms with Crippen molar-refractivity contribution in [3.8, 4) is 11.6 Å². The van der Waals surface area contributed by atoms with E-state index in [0.717, 1.165) is 16.7 Å². The van der Waals surface area contributed by atoms with Crippen LogP contribution in [0.15, 0.2) is 71.4 Å². The van der Waals surface area contributed by atoms with E-state index >= 15 is 0 Å². The summed E-state index contributed by atoms with van der Waals surface area (Å²) >= 11 is 0. The molecule has 11 heteroatoms. The number of aliphatic hydroxyl groups is 1. The maximum Gasteiger partial charge on any atom is 0.260 e. The Morgan fingerprint density at radius 2 is 1.60 bits per heavy atom. The first-order valence-corrected chi connectivity index (χ1v) is 16.2. The molecule has 11 nitrogen and oxygen atoms in total. The van der Waals surface area contributed by atoms with Crippen LogP contribution in [0.5, 0.6) is 11.6 Å². The normalized spacial score (nSPS) is 25.9. The number of methoxy groups -OCH3 is 1. The van der Waals surface area contributed by atoms with E-state index in [9.17, 15) is 14.7 Å². The molecule has 0 saturated heterocycles. The lowest BCUT2D eigenvalue weighted by atomic mass is 9.53. The van der Waals surface area contributed by atoms with Crippen LogP contribution in [-0.2, 0) is 29.2 Å². The van der Waals surface area contributed by atoms with Crippen LogP contribution in [-0.4, -0.2) is 72.6 Å². The summed E-state index contributed by atoms with van der Waals surface area (Å²) in [5.41, 5.74) is 1.47. The van der Waals surface area contributed by atoms with Gasteiger partial charge in [-0.3, -0.25) is 14.5 Å². The van der Waals surface area contributed by atoms with Gasteiger partial charge < -0.3 is 28.7 Å². The van der Waals surface area contributed by atoms with E-state index in [1.54, 1.807) is 6.20 Å². The first kappa shape index (κ1) is 32.0. The number of ether oxygens (including phenoxy) is 3. The van der Waals surface area contributed by atoms with Gasteiger partial charge in [0, 0.05) is 32.7 Å². The van der Waals surface area contributed by atoms with E-state index in [0.29, 0.717) is 35.7 Å². The molecule has 1 fully saturated rings. The molecule has 2 heterocycles. The monoisotopic (exact) mass is 652 g/mol. The van der Waals surface area contributed by atoms with Crippen LogP contribution < -0.4 is 14.4 Å². The molecule has 48 heavy (non-hydrogen) atoms. The Labute approximate surface area is 279 Å². The van der Waals surface area contributed by atoms with Crippen molar-refractivity contribution in [1.82, 2.24) is 15.0 Å². The highest BCUT2D eigenvalue weighted by molar-refractivity contribution is 6.17. The number of fused-ring (bicyclic) bond motifs is 4. The lowest BCUT2D eigenvalue weighted by molar-refractivity contribution is -0.199. The Kier molecular flexibility index (Phi) is 8.31. The Hall–Kier alpha value is -4.58. The summed E-state index contributed by atoms with van der Waals surface area (Å²) in [6.45, 7) is 0.422. The largest absolute Gasteiger partial charge is 0.487 e. The van der Waals surface area contributed by atoms with Gasteiger partial charge in [-0.05, 0) is 49.1 Å². The van der Waals surface area contributed by atoms with Crippen LogP contribution in [0.1, 0.15) is 56.9 Å². The van der Waals surface area contributed by atoms with E-state index in [1.807, 2.05) is 98.7 Å². The van der Waals surface area contributed by atoms with Gasteiger partial charge in [0.1, 0.15) is 30.9 Å². The fourth-order valence-corrected chi connectivity index (χ4v) is 8.09. The number of nitrogens with zero attached hydrogens (tertiary/aromatic N) is 4. The lowest BCUT2D eigenvalue weighted by Gasteiger charge is -2.55. The molecule has 0 aliphatic heterocycles. The summed E-state index contributed by atoms with van der Waals surface area (Å²) < 4.78 is 24.3. The number of rotatable bonds is 9. The van der Waals surface area contributed by atoms with Crippen molar-refractivity contribution in [2.45, 2.75) is 43.8 Å². The number of ketones is 2. The maximum absolute atomic E-state index is 15.0. The molecule has 250 valence electrons. The Balaban J connectivity index is 1.29. The third-order valence-corrected chi connectivity index (χ3v) is 10.2. The summed E-state index contributed by atoms with van der Waals surface area (Å²) in [5, 5.41) is 16.4. The van der Waals surface area contributed by atoms with Crippen molar-refractivity contribution in [1.29, 1.82) is 0 Å². The summed E-state index contributed by atoms with van der Waals surface area (Å²) in [6.07, 6.45) is 0.927. The van der Waals surface area contributed by atoms with Crippen molar-refractivity contribution >= 4 is 17.4 Å². The highest BCUT2D eigenvalue weighted by Gasteiger charge is 2.68. The number of hydrogen-bond acceptors (Lipinski definition) is 11. The third-order valence-electron chi connectivity index (χ3n) is 10.2. The minimum Gasteiger partial charge on any atom is -0.487 e. The third kappa shape index (κ3) is 4.99. The number of Topliss-reactive ketones (excluding diaryl/α,β-unsaturated/α-hetero) is 2. The van der Waals surface area contributed by atoms with E-state index in [2.05, 4.69) is 10.1 Å². The molecule has 7 rings (SSSR count). The number of anilines is 1. The molecule has 2 aromatic heterocycles. The highest BCUT2D eigenvalue weighted by Crippen LogP contribution is 2.60. The molecule has 6 atom stereocenters. The molecular formula is C37H40N4O7. The number of carbonyl (C=O) groups excluding carboxylic acids is 2. The summed E-state index contributed by atoms with van der Waals surface area (Å²) in [5.74, 6) is -1.26. The van der Waals surface area contributed by atoms with Crippen molar-refractivity contribution < 1.29 is 33.4 Å². The van der Waals surface area contributed by atoms with Crippen LogP contribution in [0, 0.1) is 17.8 Å². The number of aromatic nitrogens is 2. The Morgan fingerprint density at radius 3 is 2.21 bits per heavy atom. The van der Waals surface area contributed by atoms with Gasteiger partial charge in [-0.15, -0.1) is 0 Å². The van der Waals surface area contributed by atoms with Gasteiger partial charge in [-0.1, -0.05) is 60.7 Å². The molecule has 3 aliphatic carbocycles. The number of carbonyl (C=O) groups is 2. The Morgan fingerprint density at radius 1 is 0.958 bits per heavy atom. The fourth-order valence-electron chi connectivity index (χ4n) is 8.09. The van der Waals surface area contributed by atoms with Crippen LogP contribution in [0.3, 0.4) is 0 Å². The van der Waals surface area contributed by atoms with E-state index < -0.39 is 35.4 Å². The average Bonchev–Trinajstić information content (AvgIpc) is 3.50. The molecule has 1 saturated carbocycles. The van der Waals surface area contributed by atoms with Gasteiger partial charge >= 0.3 is 0 Å². The van der Waals surface area contributed by atoms with Crippen molar-refractivity contribution in [2.75, 3.05) is 40.2 Å². The number of benzene rings is 2. The van der Waals surface area contributed by atoms with Gasteiger partial charge in [-0.25, -0.2) is 4.98 Å². The molecule has 0 amide bonds. The molecule has 3 aliphatic rings. The molecule has 0 radical (unpaired) electrons. The van der Waals surface area contributed by atoms with Crippen LogP contribution in [0.25, 0.3) is 0 Å². The molecule has 0 spiro atoms. The minimum atomic E-state index is -1.75. The zero-order valence-electron chi connectivity index (χ0n) is 27.8. The second kappa shape index (κ2) is 12.5. The van der Waals surface area contributed by atoms with Gasteiger partial charge in [0.25, 0.3) is 5.88 Å². The highest BCUT2D eigenvalue weighted by atomic mass is 16.5. The second-order valence-corrected chi connectivity index (χ2v) is 13.3. The quantitative estimate of drug-likeness (QED) is 0.255. The smallest absolute Gasteiger partial charge is 0.260 e. The molecule has 0 bridgehead atoms. The maximum atomic E-state index is 15.0. The number of aliphatic hydroxyl groups excluding tert-OH is 1. The average molecular weight is 653 g/mol. The van der Waals surface area contributed by atoms with Crippen molar-refractivity contribution in [2.24, 2.45) is 17.8 Å². The van der Waals surface area contributed by atoms with Crippen LogP contribution >= 0.6 is 0 Å². The number of hydrogen-bond donors (Lipinski definition) is 1. The standard InChI is InChI=1S/C37H40N4O7/c1-40(2)30-25-17-23-16-24-28(26(18-38-35(24)41(3)4)46-19-21-12-8-6-9-13-21)31(42)27(23)33(43)37(25,45-5)34(44)29-32(30)48-39-36(29)47-20-22-14-10-7-11-15-22/h6-15,18,23,25,27,30,34,44H,16-17,19-20H2,1-5H3. The topological polar surface area (TPSA) is 127 Å². The van der Waals surface area contributed by atoms with E-state index in [-0.39, 0.29) is 36.4 Å². The van der Waals surface area contributed by atoms with Gasteiger partial charge in [0.2, 0.25) is 0 Å². The molecule has 4 aromatic rings. The molecule has 2 aromatic carbocycles. The first-order valence-electron chi connectivity index (χ1n) is 16.2. The van der Waals surface area contributed by atoms with E-state index in [1.165, 1.54) is 7.11 Å². The van der Waals surface area contributed by atoms with E-state index in [4.69, 9.17) is 18.7 Å². The van der Waals surface area contributed by atoms with Gasteiger partial charge in [0.15, 0.2) is 22.9 Å². The SMILES string of the molecule is COC12C(=O)C3C(=O)c4c(OCc5ccccc5)cnc(N(C)C)c4CC3CC1C(N(C)C)c1onc(OCc3ccccc3)c1C2O. The summed E-state index contributed by atoms with van der Waals surface area (Å²) in [4.78, 5) is 38.2. The number of pyridine rings is 1. The van der Waals surface area contributed by atoms with Crippen LogP contribution in [0.2, 0.25) is 0 Å². The molecule has 6 unspecified atom stereocenters. The zero-order valence-corrected chi connectivity index (χ0v) is 27.8. The second-order valence-electron chi connectivity index (χ2n) is 13.3. The molecular weight excluding hydrogens is 612 g/mol. The summed E-state index contributed by atoms with van der Waals surface area (Å²) in [7, 11) is 8.97. The zero-order chi connectivity index (χ0) is 33.7. The van der Waals surface area contributed by atoms with Crippen molar-refractivity contribution in [3.63, 3.8) is 0 Å². The first-order chi connectivity index (χ1) is 23.2. The summed E-state index contributed by atoms with van der Waals surface area (Å²) in [6, 6.07) is 18.8. The molecule has 1 N–H and O–H groups in total. The van der Waals surface area contributed by atoms with Gasteiger partial charge in [-0.2, -0.15) is 0 Å². The van der Waals surface area contributed by atoms with Crippen LogP contribution in [0.4, 0.5) is 5.82 Å². The Bertz CT molecular complexity index is 1830. The van der Waals surface area contributed by atoms with Crippen molar-refractivity contribution in [3.05, 3.63) is 100 Å². The van der Waals surface area contributed by atoms with Gasteiger partial charge in [0.05, 0.1) is 29.3 Å². The predicted octanol–water partition coefficient (Wildman–Crippen LogP) is 4.59. The lowest BCUT2D eigenvalue weighted by Crippen LogP contribution is -2.66. The fraction of sp³-hybridized carbons (Fsp3) is 0.405.